The SMILES string of the molecule is CCC1CCCCN1c1nncc(Nc2ccc(C)c(Br)c2)n1. The number of aryl methyl sites for hydroxylation is 1. The lowest BCUT2D eigenvalue weighted by atomic mass is 10.0. The van der Waals surface area contributed by atoms with Crippen molar-refractivity contribution >= 4 is 33.4 Å². The molecule has 3 rings (SSSR count). The Morgan fingerprint density at radius 2 is 2.22 bits per heavy atom. The number of nitrogens with one attached hydrogen (secondary N) is 1. The van der Waals surface area contributed by atoms with E-state index < -0.39 is 0 Å². The van der Waals surface area contributed by atoms with Crippen LogP contribution in [0.25, 0.3) is 0 Å². The third-order valence-corrected chi connectivity index (χ3v) is 5.20. The molecule has 1 aromatic carbocycles. The molecule has 2 aromatic rings. The second-order valence-electron chi connectivity index (χ2n) is 5.98. The number of halogens is 1. The highest BCUT2D eigenvalue weighted by Gasteiger charge is 2.23. The minimum atomic E-state index is 0.523. The molecular formula is C17H22BrN5. The molecule has 6 heteroatoms. The lowest BCUT2D eigenvalue weighted by Gasteiger charge is -2.34. The van der Waals surface area contributed by atoms with E-state index in [4.69, 9.17) is 0 Å². The maximum Gasteiger partial charge on any atom is 0.247 e. The van der Waals surface area contributed by atoms with Crippen LogP contribution in [0.15, 0.2) is 28.9 Å². The van der Waals surface area contributed by atoms with Gasteiger partial charge in [0, 0.05) is 22.7 Å². The summed E-state index contributed by atoms with van der Waals surface area (Å²) in [6.07, 6.45) is 6.48. The van der Waals surface area contributed by atoms with E-state index in [0.29, 0.717) is 6.04 Å². The van der Waals surface area contributed by atoms with Crippen LogP contribution in [0.4, 0.5) is 17.5 Å². The van der Waals surface area contributed by atoms with Crippen molar-refractivity contribution in [3.63, 3.8) is 0 Å². The molecule has 0 aliphatic carbocycles. The van der Waals surface area contributed by atoms with Crippen molar-refractivity contribution in [1.82, 2.24) is 15.2 Å². The van der Waals surface area contributed by atoms with Gasteiger partial charge in [0.15, 0.2) is 5.82 Å². The van der Waals surface area contributed by atoms with Gasteiger partial charge < -0.3 is 10.2 Å². The van der Waals surface area contributed by atoms with E-state index in [0.717, 1.165) is 34.9 Å². The van der Waals surface area contributed by atoms with Gasteiger partial charge in [-0.1, -0.05) is 28.9 Å². The Hall–Kier alpha value is -1.69. The number of piperidine rings is 1. The van der Waals surface area contributed by atoms with E-state index in [9.17, 15) is 0 Å². The van der Waals surface area contributed by atoms with Crippen LogP contribution in [0.3, 0.4) is 0 Å². The zero-order valence-electron chi connectivity index (χ0n) is 13.6. The summed E-state index contributed by atoms with van der Waals surface area (Å²) in [5.41, 5.74) is 2.19. The topological polar surface area (TPSA) is 53.9 Å². The monoisotopic (exact) mass is 375 g/mol. The van der Waals surface area contributed by atoms with Gasteiger partial charge >= 0.3 is 0 Å². The maximum absolute atomic E-state index is 4.67. The van der Waals surface area contributed by atoms with Crippen LogP contribution in [-0.4, -0.2) is 27.8 Å². The van der Waals surface area contributed by atoms with E-state index in [1.807, 2.05) is 12.1 Å². The summed E-state index contributed by atoms with van der Waals surface area (Å²) in [7, 11) is 0. The number of hydrogen-bond donors (Lipinski definition) is 1. The molecular weight excluding hydrogens is 354 g/mol. The van der Waals surface area contributed by atoms with Gasteiger partial charge in [0.2, 0.25) is 5.95 Å². The maximum atomic E-state index is 4.67. The first-order valence-corrected chi connectivity index (χ1v) is 8.96. The van der Waals surface area contributed by atoms with E-state index in [1.165, 1.54) is 24.8 Å². The molecule has 1 aliphatic heterocycles. The van der Waals surface area contributed by atoms with Crippen LogP contribution >= 0.6 is 15.9 Å². The van der Waals surface area contributed by atoms with Gasteiger partial charge in [-0.25, -0.2) is 0 Å². The Labute approximate surface area is 145 Å². The molecule has 1 aromatic heterocycles. The highest BCUT2D eigenvalue weighted by Crippen LogP contribution is 2.26. The molecule has 1 unspecified atom stereocenters. The van der Waals surface area contributed by atoms with Gasteiger partial charge in [-0.3, -0.25) is 0 Å². The minimum absolute atomic E-state index is 0.523. The van der Waals surface area contributed by atoms with E-state index in [2.05, 4.69) is 61.2 Å². The third-order valence-electron chi connectivity index (χ3n) is 4.35. The molecule has 1 fully saturated rings. The lowest BCUT2D eigenvalue weighted by Crippen LogP contribution is -2.40. The molecule has 1 atom stereocenters. The molecule has 122 valence electrons. The van der Waals surface area contributed by atoms with Crippen LogP contribution in [0.1, 0.15) is 38.2 Å². The van der Waals surface area contributed by atoms with E-state index >= 15 is 0 Å². The molecule has 0 saturated carbocycles. The standard InChI is InChI=1S/C17H22BrN5/c1-3-14-6-4-5-9-23(14)17-21-16(11-19-22-17)20-13-8-7-12(2)15(18)10-13/h7-8,10-11,14H,3-6,9H2,1-2H3,(H,20,21,22). The summed E-state index contributed by atoms with van der Waals surface area (Å²) >= 11 is 3.56. The first-order chi connectivity index (χ1) is 11.2. The van der Waals surface area contributed by atoms with Crippen molar-refractivity contribution in [3.05, 3.63) is 34.4 Å². The van der Waals surface area contributed by atoms with Crippen molar-refractivity contribution in [1.29, 1.82) is 0 Å². The fourth-order valence-electron chi connectivity index (χ4n) is 2.98. The summed E-state index contributed by atoms with van der Waals surface area (Å²) in [6, 6.07) is 6.68. The summed E-state index contributed by atoms with van der Waals surface area (Å²) < 4.78 is 1.08. The first-order valence-electron chi connectivity index (χ1n) is 8.17. The second-order valence-corrected chi connectivity index (χ2v) is 6.84. The summed E-state index contributed by atoms with van der Waals surface area (Å²) in [6.45, 7) is 5.31. The van der Waals surface area contributed by atoms with Crippen LogP contribution in [0, 0.1) is 6.92 Å². The van der Waals surface area contributed by atoms with Crippen LogP contribution in [0.5, 0.6) is 0 Å². The highest BCUT2D eigenvalue weighted by molar-refractivity contribution is 9.10. The average molecular weight is 376 g/mol. The Balaban J connectivity index is 1.80. The zero-order valence-corrected chi connectivity index (χ0v) is 15.2. The second kappa shape index (κ2) is 7.25. The van der Waals surface area contributed by atoms with Crippen LogP contribution in [-0.2, 0) is 0 Å². The lowest BCUT2D eigenvalue weighted by molar-refractivity contribution is 0.442. The largest absolute Gasteiger partial charge is 0.339 e. The predicted molar refractivity (Wildman–Crippen MR) is 97.3 cm³/mol. The molecule has 5 nitrogen and oxygen atoms in total. The summed E-state index contributed by atoms with van der Waals surface area (Å²) in [4.78, 5) is 6.97. The van der Waals surface area contributed by atoms with Crippen molar-refractivity contribution in [2.45, 2.75) is 45.6 Å². The molecule has 0 spiro atoms. The number of rotatable bonds is 4. The molecule has 1 N–H and O–H groups in total. The Bertz CT molecular complexity index is 676. The average Bonchev–Trinajstić information content (AvgIpc) is 2.58. The Morgan fingerprint density at radius 3 is 3.00 bits per heavy atom. The predicted octanol–water partition coefficient (Wildman–Crippen LogP) is 4.46. The molecule has 23 heavy (non-hydrogen) atoms. The summed E-state index contributed by atoms with van der Waals surface area (Å²) in [5, 5.41) is 11.7. The summed E-state index contributed by atoms with van der Waals surface area (Å²) in [5.74, 6) is 1.46. The zero-order chi connectivity index (χ0) is 16.2. The number of aromatic nitrogens is 3. The van der Waals surface area contributed by atoms with Crippen molar-refractivity contribution in [3.8, 4) is 0 Å². The van der Waals surface area contributed by atoms with Crippen molar-refractivity contribution in [2.24, 2.45) is 0 Å². The van der Waals surface area contributed by atoms with Gasteiger partial charge in [-0.2, -0.15) is 10.1 Å². The smallest absolute Gasteiger partial charge is 0.247 e. The number of nitrogens with zero attached hydrogens (tertiary/aromatic N) is 4. The van der Waals surface area contributed by atoms with E-state index in [1.54, 1.807) is 6.20 Å². The first kappa shape index (κ1) is 16.2. The number of benzene rings is 1. The highest BCUT2D eigenvalue weighted by atomic mass is 79.9. The molecule has 0 radical (unpaired) electrons. The fraction of sp³-hybridized carbons (Fsp3) is 0.471. The van der Waals surface area contributed by atoms with Gasteiger partial charge in [-0.05, 0) is 50.3 Å². The fourth-order valence-corrected chi connectivity index (χ4v) is 3.36. The van der Waals surface area contributed by atoms with Crippen LogP contribution in [0.2, 0.25) is 0 Å². The van der Waals surface area contributed by atoms with Crippen molar-refractivity contribution in [2.75, 3.05) is 16.8 Å². The molecule has 0 amide bonds. The van der Waals surface area contributed by atoms with Gasteiger partial charge in [0.25, 0.3) is 0 Å². The van der Waals surface area contributed by atoms with Gasteiger partial charge in [-0.15, -0.1) is 5.10 Å². The molecule has 0 bridgehead atoms. The minimum Gasteiger partial charge on any atom is -0.339 e. The van der Waals surface area contributed by atoms with Crippen LogP contribution < -0.4 is 10.2 Å². The number of hydrogen-bond acceptors (Lipinski definition) is 5. The third kappa shape index (κ3) is 3.80. The Morgan fingerprint density at radius 1 is 1.35 bits per heavy atom. The molecule has 2 heterocycles. The number of anilines is 3. The Kier molecular flexibility index (Phi) is 5.10. The quantitative estimate of drug-likeness (QED) is 0.854. The molecule has 1 saturated heterocycles. The van der Waals surface area contributed by atoms with Crippen molar-refractivity contribution < 1.29 is 0 Å². The molecule has 1 aliphatic rings. The normalized spacial score (nSPS) is 18.0. The van der Waals surface area contributed by atoms with Gasteiger partial charge in [0.1, 0.15) is 0 Å². The van der Waals surface area contributed by atoms with Gasteiger partial charge in [0.05, 0.1) is 6.20 Å². The van der Waals surface area contributed by atoms with E-state index in [-0.39, 0.29) is 0 Å².